The van der Waals surface area contributed by atoms with Crippen molar-refractivity contribution >= 4 is 35.3 Å². The van der Waals surface area contributed by atoms with Crippen molar-refractivity contribution in [2.45, 2.75) is 19.8 Å². The molecule has 8 heteroatoms. The van der Waals surface area contributed by atoms with E-state index in [-0.39, 0.29) is 24.7 Å². The van der Waals surface area contributed by atoms with Crippen molar-refractivity contribution < 1.29 is 19.1 Å². The van der Waals surface area contributed by atoms with Crippen LogP contribution in [0.25, 0.3) is 0 Å². The third kappa shape index (κ3) is 6.59. The zero-order valence-corrected chi connectivity index (χ0v) is 16.5. The van der Waals surface area contributed by atoms with Gasteiger partial charge in [0, 0.05) is 23.4 Å². The van der Waals surface area contributed by atoms with Crippen molar-refractivity contribution in [1.82, 2.24) is 5.43 Å². The highest BCUT2D eigenvalue weighted by molar-refractivity contribution is 6.30. The van der Waals surface area contributed by atoms with Crippen molar-refractivity contribution in [3.63, 3.8) is 0 Å². The molecule has 7 nitrogen and oxygen atoms in total. The molecule has 2 aromatic rings. The number of hydrogen-bond donors (Lipinski definition) is 2. The number of nitrogens with one attached hydrogen (secondary N) is 2. The maximum Gasteiger partial charge on any atom is 0.240 e. The fourth-order valence-electron chi connectivity index (χ4n) is 2.32. The van der Waals surface area contributed by atoms with Crippen LogP contribution in [-0.4, -0.2) is 31.7 Å². The van der Waals surface area contributed by atoms with Gasteiger partial charge in [0.05, 0.1) is 25.6 Å². The van der Waals surface area contributed by atoms with E-state index in [1.54, 1.807) is 42.5 Å². The van der Waals surface area contributed by atoms with Gasteiger partial charge in [-0.05, 0) is 37.3 Å². The molecule has 0 aliphatic rings. The van der Waals surface area contributed by atoms with Crippen LogP contribution < -0.4 is 20.2 Å². The van der Waals surface area contributed by atoms with E-state index in [0.29, 0.717) is 34.4 Å². The van der Waals surface area contributed by atoms with Gasteiger partial charge in [0.2, 0.25) is 11.8 Å². The van der Waals surface area contributed by atoms with Crippen LogP contribution in [0, 0.1) is 0 Å². The van der Waals surface area contributed by atoms with Gasteiger partial charge in [0.1, 0.15) is 11.5 Å². The summed E-state index contributed by atoms with van der Waals surface area (Å²) in [6.45, 7) is 2.36. The summed E-state index contributed by atoms with van der Waals surface area (Å²) in [6, 6.07) is 12.2. The van der Waals surface area contributed by atoms with Gasteiger partial charge in [0.15, 0.2) is 0 Å². The topological polar surface area (TPSA) is 89.0 Å². The highest BCUT2D eigenvalue weighted by atomic mass is 35.5. The highest BCUT2D eigenvalue weighted by Gasteiger charge is 2.09. The lowest BCUT2D eigenvalue weighted by atomic mass is 10.2. The van der Waals surface area contributed by atoms with E-state index in [4.69, 9.17) is 21.1 Å². The molecule has 2 rings (SSSR count). The van der Waals surface area contributed by atoms with Gasteiger partial charge in [-0.15, -0.1) is 0 Å². The van der Waals surface area contributed by atoms with Crippen molar-refractivity contribution in [3.05, 3.63) is 53.1 Å². The average molecular weight is 404 g/mol. The number of nitrogens with zero attached hydrogens (tertiary/aromatic N) is 1. The minimum Gasteiger partial charge on any atom is -0.495 e. The molecule has 0 radical (unpaired) electrons. The van der Waals surface area contributed by atoms with E-state index >= 15 is 0 Å². The van der Waals surface area contributed by atoms with E-state index in [2.05, 4.69) is 15.8 Å². The minimum atomic E-state index is -0.383. The Morgan fingerprint density at radius 2 is 1.86 bits per heavy atom. The summed E-state index contributed by atoms with van der Waals surface area (Å²) in [7, 11) is 1.52. The summed E-state index contributed by atoms with van der Waals surface area (Å²) < 4.78 is 10.6. The number of halogens is 1. The standard InChI is InChI=1S/C20H22ClN3O4/c1-3-28-17-9-8-15(21)12-14(17)13-22-24-20(26)11-10-19(25)23-16-6-4-5-7-18(16)27-2/h4-9,12-13H,3,10-11H2,1-2H3,(H,23,25)(H,24,26). The first-order valence-corrected chi connectivity index (χ1v) is 9.08. The van der Waals surface area contributed by atoms with E-state index in [9.17, 15) is 9.59 Å². The second kappa shape index (κ2) is 10.9. The summed E-state index contributed by atoms with van der Waals surface area (Å²) in [4.78, 5) is 23.9. The highest BCUT2D eigenvalue weighted by Crippen LogP contribution is 2.23. The van der Waals surface area contributed by atoms with Gasteiger partial charge >= 0.3 is 0 Å². The lowest BCUT2D eigenvalue weighted by molar-refractivity contribution is -0.124. The smallest absolute Gasteiger partial charge is 0.240 e. The van der Waals surface area contributed by atoms with Crippen molar-refractivity contribution in [3.8, 4) is 11.5 Å². The number of carbonyl (C=O) groups is 2. The van der Waals surface area contributed by atoms with E-state index in [0.717, 1.165) is 0 Å². The summed E-state index contributed by atoms with van der Waals surface area (Å²) in [5, 5.41) is 7.14. The zero-order chi connectivity index (χ0) is 20.4. The molecule has 2 N–H and O–H groups in total. The van der Waals surface area contributed by atoms with Crippen LogP contribution >= 0.6 is 11.6 Å². The van der Waals surface area contributed by atoms with Crippen molar-refractivity contribution in [2.75, 3.05) is 19.0 Å². The summed E-state index contributed by atoms with van der Waals surface area (Å²) in [6.07, 6.45) is 1.45. The van der Waals surface area contributed by atoms with Crippen LogP contribution in [0.5, 0.6) is 11.5 Å². The third-order valence-electron chi connectivity index (χ3n) is 3.62. The Morgan fingerprint density at radius 1 is 1.11 bits per heavy atom. The molecule has 0 aromatic heterocycles. The Hall–Kier alpha value is -3.06. The normalized spacial score (nSPS) is 10.5. The molecular weight excluding hydrogens is 382 g/mol. The molecule has 0 atom stereocenters. The number of anilines is 1. The van der Waals surface area contributed by atoms with Gasteiger partial charge in [-0.3, -0.25) is 9.59 Å². The Bertz CT molecular complexity index is 855. The molecule has 0 aliphatic heterocycles. The first kappa shape index (κ1) is 21.2. The van der Waals surface area contributed by atoms with Gasteiger partial charge in [0.25, 0.3) is 0 Å². The molecule has 0 bridgehead atoms. The second-order valence-corrected chi connectivity index (χ2v) is 6.09. The second-order valence-electron chi connectivity index (χ2n) is 5.66. The quantitative estimate of drug-likeness (QED) is 0.494. The van der Waals surface area contributed by atoms with Crippen LogP contribution in [0.15, 0.2) is 47.6 Å². The van der Waals surface area contributed by atoms with Crippen LogP contribution in [0.4, 0.5) is 5.69 Å². The maximum atomic E-state index is 12.0. The lowest BCUT2D eigenvalue weighted by Crippen LogP contribution is -2.20. The molecule has 0 spiro atoms. The van der Waals surface area contributed by atoms with Crippen LogP contribution in [0.3, 0.4) is 0 Å². The van der Waals surface area contributed by atoms with Crippen molar-refractivity contribution in [1.29, 1.82) is 0 Å². The SMILES string of the molecule is CCOc1ccc(Cl)cc1C=NNC(=O)CCC(=O)Nc1ccccc1OC. The molecule has 2 aromatic carbocycles. The number of amides is 2. The molecule has 0 unspecified atom stereocenters. The van der Waals surface area contributed by atoms with Crippen LogP contribution in [0.1, 0.15) is 25.3 Å². The molecule has 0 heterocycles. The number of para-hydroxylation sites is 2. The van der Waals surface area contributed by atoms with Gasteiger partial charge < -0.3 is 14.8 Å². The summed E-state index contributed by atoms with van der Waals surface area (Å²) in [5.74, 6) is 0.487. The van der Waals surface area contributed by atoms with Crippen molar-refractivity contribution in [2.24, 2.45) is 5.10 Å². The predicted octanol–water partition coefficient (Wildman–Crippen LogP) is 3.62. The van der Waals surface area contributed by atoms with Crippen LogP contribution in [0.2, 0.25) is 5.02 Å². The fraction of sp³-hybridized carbons (Fsp3) is 0.250. The molecule has 28 heavy (non-hydrogen) atoms. The molecule has 0 saturated carbocycles. The molecule has 148 valence electrons. The Kier molecular flexibility index (Phi) is 8.30. The molecule has 0 fully saturated rings. The molecule has 2 amide bonds. The Labute approximate surface area is 168 Å². The number of rotatable bonds is 9. The van der Waals surface area contributed by atoms with E-state index in [1.807, 2.05) is 6.92 Å². The van der Waals surface area contributed by atoms with E-state index < -0.39 is 0 Å². The number of methoxy groups -OCH3 is 1. The molecule has 0 aliphatic carbocycles. The third-order valence-corrected chi connectivity index (χ3v) is 3.86. The first-order valence-electron chi connectivity index (χ1n) is 8.70. The lowest BCUT2D eigenvalue weighted by Gasteiger charge is -2.09. The van der Waals surface area contributed by atoms with Crippen LogP contribution in [-0.2, 0) is 9.59 Å². The number of ether oxygens (including phenoxy) is 2. The predicted molar refractivity (Wildman–Crippen MR) is 109 cm³/mol. The van der Waals surface area contributed by atoms with E-state index in [1.165, 1.54) is 13.3 Å². The fourth-order valence-corrected chi connectivity index (χ4v) is 2.51. The average Bonchev–Trinajstić information content (AvgIpc) is 2.69. The Morgan fingerprint density at radius 3 is 2.61 bits per heavy atom. The van der Waals surface area contributed by atoms with Gasteiger partial charge in [-0.25, -0.2) is 5.43 Å². The zero-order valence-electron chi connectivity index (χ0n) is 15.7. The van der Waals surface area contributed by atoms with Gasteiger partial charge in [-0.1, -0.05) is 23.7 Å². The summed E-state index contributed by atoms with van der Waals surface area (Å²) >= 11 is 5.97. The molecule has 0 saturated heterocycles. The monoisotopic (exact) mass is 403 g/mol. The number of hydrazone groups is 1. The largest absolute Gasteiger partial charge is 0.495 e. The maximum absolute atomic E-state index is 12.0. The Balaban J connectivity index is 1.83. The first-order chi connectivity index (χ1) is 13.5. The number of carbonyl (C=O) groups excluding carboxylic acids is 2. The summed E-state index contributed by atoms with van der Waals surface area (Å²) in [5.41, 5.74) is 3.58. The molecular formula is C20H22ClN3O4. The minimum absolute atomic E-state index is 0.00775. The van der Waals surface area contributed by atoms with Gasteiger partial charge in [-0.2, -0.15) is 5.10 Å². The number of hydrogen-bond acceptors (Lipinski definition) is 5. The number of benzene rings is 2.